The van der Waals surface area contributed by atoms with Gasteiger partial charge in [0.05, 0.1) is 22.9 Å². The monoisotopic (exact) mass is 542 g/mol. The van der Waals surface area contributed by atoms with Gasteiger partial charge in [0.15, 0.2) is 17.1 Å². The van der Waals surface area contributed by atoms with Gasteiger partial charge < -0.3 is 19.4 Å². The molecule has 1 unspecified atom stereocenters. The molecule has 3 rings (SSSR count). The minimum atomic E-state index is -0.450. The van der Waals surface area contributed by atoms with Gasteiger partial charge in [-0.2, -0.15) is 0 Å². The number of carbonyl (C=O) groups is 2. The molecule has 1 aromatic carbocycles. The number of aryl methyl sites for hydroxylation is 1. The standard InChI is InChI=1S/C22H24Cl2N4O4S2/c1-5-14-10-15(21(30)31-6-2)20(34-14)25-18(29)11-33-22-27-26-19(28(22)4)12(3)32-17-8-7-13(23)9-16(17)24/h7-10,12H,5-6,11H2,1-4H3,(H,25,29). The molecule has 0 bridgehead atoms. The lowest BCUT2D eigenvalue weighted by Gasteiger charge is -2.15. The average Bonchev–Trinajstić information content (AvgIpc) is 3.37. The van der Waals surface area contributed by atoms with Crippen LogP contribution in [0.4, 0.5) is 5.00 Å². The van der Waals surface area contributed by atoms with Crippen LogP contribution in [0.5, 0.6) is 5.75 Å². The van der Waals surface area contributed by atoms with Gasteiger partial charge in [0.25, 0.3) is 0 Å². The summed E-state index contributed by atoms with van der Waals surface area (Å²) in [5.74, 6) is 0.432. The third-order valence-electron chi connectivity index (χ3n) is 4.64. The number of nitrogens with one attached hydrogen (secondary N) is 1. The molecule has 8 nitrogen and oxygen atoms in total. The number of anilines is 1. The van der Waals surface area contributed by atoms with Crippen LogP contribution >= 0.6 is 46.3 Å². The fourth-order valence-corrected chi connectivity index (χ4v) is 5.15. The topological polar surface area (TPSA) is 95.3 Å². The lowest BCUT2D eigenvalue weighted by atomic mass is 10.2. The van der Waals surface area contributed by atoms with E-state index in [1.54, 1.807) is 42.8 Å². The maximum atomic E-state index is 12.6. The Morgan fingerprint density at radius 2 is 2.00 bits per heavy atom. The fourth-order valence-electron chi connectivity index (χ4n) is 2.98. The molecule has 0 saturated carbocycles. The molecule has 1 N–H and O–H groups in total. The zero-order chi connectivity index (χ0) is 24.8. The van der Waals surface area contributed by atoms with Crippen LogP contribution in [0.25, 0.3) is 0 Å². The van der Waals surface area contributed by atoms with Crippen molar-refractivity contribution in [2.75, 3.05) is 17.7 Å². The van der Waals surface area contributed by atoms with Crippen molar-refractivity contribution in [3.05, 3.63) is 50.6 Å². The molecular weight excluding hydrogens is 519 g/mol. The molecule has 182 valence electrons. The van der Waals surface area contributed by atoms with Crippen LogP contribution in [0.1, 0.15) is 47.9 Å². The number of thiophene rings is 1. The molecule has 0 radical (unpaired) electrons. The van der Waals surface area contributed by atoms with E-state index in [2.05, 4.69) is 15.5 Å². The lowest BCUT2D eigenvalue weighted by Crippen LogP contribution is -2.16. The minimum Gasteiger partial charge on any atom is -0.481 e. The number of nitrogens with zero attached hydrogens (tertiary/aromatic N) is 3. The number of rotatable bonds is 10. The van der Waals surface area contributed by atoms with Crippen LogP contribution in [0.3, 0.4) is 0 Å². The highest BCUT2D eigenvalue weighted by Crippen LogP contribution is 2.32. The van der Waals surface area contributed by atoms with Crippen LogP contribution < -0.4 is 10.1 Å². The molecule has 3 aromatic rings. The Labute approximate surface area is 215 Å². The Bertz CT molecular complexity index is 1180. The number of ether oxygens (including phenoxy) is 2. The lowest BCUT2D eigenvalue weighted by molar-refractivity contribution is -0.113. The third kappa shape index (κ3) is 6.44. The first-order valence-electron chi connectivity index (χ1n) is 10.5. The molecule has 0 saturated heterocycles. The maximum absolute atomic E-state index is 12.6. The number of benzene rings is 1. The first kappa shape index (κ1) is 26.3. The van der Waals surface area contributed by atoms with Gasteiger partial charge >= 0.3 is 5.97 Å². The molecular formula is C22H24Cl2N4O4S2. The summed E-state index contributed by atoms with van der Waals surface area (Å²) in [6, 6.07) is 6.74. The van der Waals surface area contributed by atoms with Gasteiger partial charge in [0.2, 0.25) is 5.91 Å². The second kappa shape index (κ2) is 11.9. The summed E-state index contributed by atoms with van der Waals surface area (Å²) in [6.45, 7) is 5.82. The van der Waals surface area contributed by atoms with Crippen molar-refractivity contribution in [2.24, 2.45) is 7.05 Å². The van der Waals surface area contributed by atoms with Crippen molar-refractivity contribution in [2.45, 2.75) is 38.5 Å². The number of amides is 1. The number of aromatic nitrogens is 3. The summed E-state index contributed by atoms with van der Waals surface area (Å²) in [4.78, 5) is 25.8. The van der Waals surface area contributed by atoms with Crippen molar-refractivity contribution in [3.63, 3.8) is 0 Å². The van der Waals surface area contributed by atoms with Crippen molar-refractivity contribution >= 4 is 63.2 Å². The van der Waals surface area contributed by atoms with E-state index in [1.807, 2.05) is 13.8 Å². The van der Waals surface area contributed by atoms with Crippen molar-refractivity contribution in [1.82, 2.24) is 14.8 Å². The van der Waals surface area contributed by atoms with Gasteiger partial charge in [-0.05, 0) is 44.5 Å². The Kier molecular flexibility index (Phi) is 9.24. The van der Waals surface area contributed by atoms with E-state index >= 15 is 0 Å². The molecule has 0 aliphatic carbocycles. The molecule has 2 heterocycles. The Morgan fingerprint density at radius 1 is 1.24 bits per heavy atom. The van der Waals surface area contributed by atoms with Crippen molar-refractivity contribution in [3.8, 4) is 5.75 Å². The first-order valence-corrected chi connectivity index (χ1v) is 13.0. The highest BCUT2D eigenvalue weighted by molar-refractivity contribution is 7.99. The van der Waals surface area contributed by atoms with E-state index in [0.29, 0.717) is 37.3 Å². The average molecular weight is 543 g/mol. The summed E-state index contributed by atoms with van der Waals surface area (Å²) < 4.78 is 12.8. The van der Waals surface area contributed by atoms with Crippen molar-refractivity contribution < 1.29 is 19.1 Å². The van der Waals surface area contributed by atoms with Crippen LogP contribution in [0.2, 0.25) is 10.0 Å². The predicted octanol–water partition coefficient (Wildman–Crippen LogP) is 5.79. The van der Waals surface area contributed by atoms with Crippen LogP contribution in [0.15, 0.2) is 29.4 Å². The van der Waals surface area contributed by atoms with E-state index in [9.17, 15) is 9.59 Å². The van der Waals surface area contributed by atoms with E-state index in [4.69, 9.17) is 32.7 Å². The van der Waals surface area contributed by atoms with Gasteiger partial charge in [0, 0.05) is 16.9 Å². The molecule has 0 fully saturated rings. The van der Waals surface area contributed by atoms with E-state index in [0.717, 1.165) is 11.3 Å². The molecule has 1 amide bonds. The quantitative estimate of drug-likeness (QED) is 0.255. The summed E-state index contributed by atoms with van der Waals surface area (Å²) in [7, 11) is 1.80. The smallest absolute Gasteiger partial charge is 0.341 e. The van der Waals surface area contributed by atoms with Gasteiger partial charge in [-0.15, -0.1) is 21.5 Å². The number of carbonyl (C=O) groups excluding carboxylic acids is 2. The molecule has 12 heteroatoms. The maximum Gasteiger partial charge on any atom is 0.341 e. The summed E-state index contributed by atoms with van der Waals surface area (Å²) >= 11 is 14.7. The Balaban J connectivity index is 1.63. The number of hydrogen-bond acceptors (Lipinski definition) is 8. The zero-order valence-electron chi connectivity index (χ0n) is 19.1. The second-order valence-electron chi connectivity index (χ2n) is 7.10. The number of thioether (sulfide) groups is 1. The number of hydrogen-bond donors (Lipinski definition) is 1. The molecule has 0 spiro atoms. The zero-order valence-corrected chi connectivity index (χ0v) is 22.2. The van der Waals surface area contributed by atoms with Gasteiger partial charge in [-0.1, -0.05) is 41.9 Å². The minimum absolute atomic E-state index is 0.0891. The van der Waals surface area contributed by atoms with E-state index in [1.165, 1.54) is 23.1 Å². The molecule has 0 aliphatic heterocycles. The largest absolute Gasteiger partial charge is 0.481 e. The fraction of sp³-hybridized carbons (Fsp3) is 0.364. The first-order chi connectivity index (χ1) is 16.2. The molecule has 1 atom stereocenters. The Morgan fingerprint density at radius 3 is 2.68 bits per heavy atom. The van der Waals surface area contributed by atoms with Gasteiger partial charge in [-0.25, -0.2) is 4.79 Å². The normalized spacial score (nSPS) is 11.8. The summed E-state index contributed by atoms with van der Waals surface area (Å²) in [6.07, 6.45) is 0.315. The molecule has 2 aromatic heterocycles. The van der Waals surface area contributed by atoms with Gasteiger partial charge in [0.1, 0.15) is 10.8 Å². The second-order valence-corrected chi connectivity index (χ2v) is 10.0. The summed E-state index contributed by atoms with van der Waals surface area (Å²) in [5, 5.41) is 13.1. The Hall–Kier alpha value is -2.27. The van der Waals surface area contributed by atoms with Crippen LogP contribution in [0, 0.1) is 0 Å². The third-order valence-corrected chi connectivity index (χ3v) is 7.39. The number of halogens is 2. The van der Waals surface area contributed by atoms with Crippen molar-refractivity contribution in [1.29, 1.82) is 0 Å². The van der Waals surface area contributed by atoms with Gasteiger partial charge in [-0.3, -0.25) is 4.79 Å². The number of esters is 1. The molecule has 34 heavy (non-hydrogen) atoms. The van der Waals surface area contributed by atoms with E-state index < -0.39 is 12.1 Å². The van der Waals surface area contributed by atoms with Crippen LogP contribution in [-0.2, 0) is 23.0 Å². The predicted molar refractivity (Wildman–Crippen MR) is 136 cm³/mol. The van der Waals surface area contributed by atoms with Crippen LogP contribution in [-0.4, -0.2) is 39.0 Å². The molecule has 0 aliphatic rings. The highest BCUT2D eigenvalue weighted by atomic mass is 35.5. The highest BCUT2D eigenvalue weighted by Gasteiger charge is 2.21. The SMILES string of the molecule is CCOC(=O)c1cc(CC)sc1NC(=O)CSc1nnc(C(C)Oc2ccc(Cl)cc2Cl)n1C. The summed E-state index contributed by atoms with van der Waals surface area (Å²) in [5.41, 5.74) is 0.370. The van der Waals surface area contributed by atoms with E-state index in [-0.39, 0.29) is 18.3 Å².